The van der Waals surface area contributed by atoms with Crippen LogP contribution in [-0.2, 0) is 19.2 Å². The molecular weight excluding hydrogens is 294 g/mol. The second-order valence-corrected chi connectivity index (χ2v) is 6.58. The second-order valence-electron chi connectivity index (χ2n) is 6.58. The van der Waals surface area contributed by atoms with Crippen molar-refractivity contribution in [2.24, 2.45) is 13.0 Å². The molecule has 0 aliphatic carbocycles. The monoisotopic (exact) mass is 319 g/mol. The molecule has 0 aliphatic rings. The lowest BCUT2D eigenvalue weighted by Gasteiger charge is -2.22. The van der Waals surface area contributed by atoms with Gasteiger partial charge in [-0.15, -0.1) is 0 Å². The molecule has 0 aliphatic heterocycles. The van der Waals surface area contributed by atoms with E-state index >= 15 is 0 Å². The number of aryl methyl sites for hydroxylation is 1. The Hall–Kier alpha value is -2.15. The number of carbonyl (C=O) groups is 1. The molecule has 7 nitrogen and oxygen atoms in total. The predicted octanol–water partition coefficient (Wildman–Crippen LogP) is 1.22. The molecular formula is C16H25N5O2. The fourth-order valence-electron chi connectivity index (χ4n) is 2.35. The summed E-state index contributed by atoms with van der Waals surface area (Å²) in [6.45, 7) is 8.61. The minimum absolute atomic E-state index is 0.103. The van der Waals surface area contributed by atoms with Gasteiger partial charge in [-0.25, -0.2) is 0 Å². The third-order valence-electron chi connectivity index (χ3n) is 3.81. The van der Waals surface area contributed by atoms with Gasteiger partial charge in [0.05, 0.1) is 24.5 Å². The van der Waals surface area contributed by atoms with Gasteiger partial charge in [-0.1, -0.05) is 13.8 Å². The average Bonchev–Trinajstić information content (AvgIpc) is 3.04. The van der Waals surface area contributed by atoms with Gasteiger partial charge in [0.1, 0.15) is 5.60 Å². The van der Waals surface area contributed by atoms with Crippen LogP contribution >= 0.6 is 0 Å². The maximum atomic E-state index is 12.4. The highest BCUT2D eigenvalue weighted by molar-refractivity contribution is 5.95. The van der Waals surface area contributed by atoms with Crippen molar-refractivity contribution in [3.05, 3.63) is 35.4 Å². The van der Waals surface area contributed by atoms with Crippen LogP contribution in [0.1, 0.15) is 42.4 Å². The molecule has 23 heavy (non-hydrogen) atoms. The van der Waals surface area contributed by atoms with Crippen LogP contribution in [0.3, 0.4) is 0 Å². The normalized spacial score (nSPS) is 14.0. The maximum Gasteiger partial charge on any atom is 0.254 e. The molecule has 1 unspecified atom stereocenters. The first kappa shape index (κ1) is 17.2. The van der Waals surface area contributed by atoms with Crippen molar-refractivity contribution in [1.29, 1.82) is 0 Å². The third kappa shape index (κ3) is 3.98. The summed E-state index contributed by atoms with van der Waals surface area (Å²) in [5.41, 5.74) is 0.851. The van der Waals surface area contributed by atoms with Crippen molar-refractivity contribution in [1.82, 2.24) is 24.9 Å². The van der Waals surface area contributed by atoms with Crippen LogP contribution in [0.4, 0.5) is 0 Å². The topological polar surface area (TPSA) is 85.0 Å². The summed E-state index contributed by atoms with van der Waals surface area (Å²) in [7, 11) is 1.78. The summed E-state index contributed by atoms with van der Waals surface area (Å²) >= 11 is 0. The second kappa shape index (κ2) is 6.54. The molecule has 0 saturated carbocycles. The van der Waals surface area contributed by atoms with E-state index in [1.54, 1.807) is 37.2 Å². The van der Waals surface area contributed by atoms with Crippen LogP contribution in [0.2, 0.25) is 0 Å². The fourth-order valence-corrected chi connectivity index (χ4v) is 2.35. The maximum absolute atomic E-state index is 12.4. The van der Waals surface area contributed by atoms with Gasteiger partial charge in [-0.05, 0) is 19.8 Å². The van der Waals surface area contributed by atoms with Crippen molar-refractivity contribution in [3.8, 4) is 0 Å². The zero-order chi connectivity index (χ0) is 17.2. The van der Waals surface area contributed by atoms with E-state index < -0.39 is 5.60 Å². The van der Waals surface area contributed by atoms with E-state index in [4.69, 9.17) is 0 Å². The first-order chi connectivity index (χ1) is 10.7. The van der Waals surface area contributed by atoms with Gasteiger partial charge in [-0.3, -0.25) is 14.2 Å². The van der Waals surface area contributed by atoms with Gasteiger partial charge in [-0.2, -0.15) is 10.2 Å². The minimum Gasteiger partial charge on any atom is -0.383 e. The van der Waals surface area contributed by atoms with E-state index in [1.165, 1.54) is 0 Å². The summed E-state index contributed by atoms with van der Waals surface area (Å²) in [6, 6.07) is 0. The van der Waals surface area contributed by atoms with Gasteiger partial charge in [0.15, 0.2) is 0 Å². The van der Waals surface area contributed by atoms with Crippen LogP contribution < -0.4 is 5.32 Å². The largest absolute Gasteiger partial charge is 0.383 e. The van der Waals surface area contributed by atoms with E-state index in [0.717, 1.165) is 12.2 Å². The van der Waals surface area contributed by atoms with Gasteiger partial charge < -0.3 is 10.4 Å². The minimum atomic E-state index is -1.17. The van der Waals surface area contributed by atoms with Crippen LogP contribution in [0, 0.1) is 12.8 Å². The van der Waals surface area contributed by atoms with Crippen LogP contribution in [0.5, 0.6) is 0 Å². The number of hydrogen-bond acceptors (Lipinski definition) is 4. The molecule has 0 saturated heterocycles. The SMILES string of the molecule is Cc1c(C(=O)NCC(C)(O)c2cnn(C)c2)cnn1CC(C)C. The summed E-state index contributed by atoms with van der Waals surface area (Å²) in [4.78, 5) is 12.4. The van der Waals surface area contributed by atoms with Crippen LogP contribution in [-0.4, -0.2) is 37.1 Å². The zero-order valence-electron chi connectivity index (χ0n) is 14.4. The average molecular weight is 319 g/mol. The molecule has 0 aromatic carbocycles. The molecule has 0 radical (unpaired) electrons. The molecule has 2 heterocycles. The number of hydrogen-bond donors (Lipinski definition) is 2. The summed E-state index contributed by atoms with van der Waals surface area (Å²) in [5.74, 6) is 0.220. The molecule has 2 N–H and O–H groups in total. The number of amides is 1. The highest BCUT2D eigenvalue weighted by atomic mass is 16.3. The Labute approximate surface area is 136 Å². The summed E-state index contributed by atoms with van der Waals surface area (Å²) in [5, 5.41) is 21.6. The van der Waals surface area contributed by atoms with Gasteiger partial charge in [0.25, 0.3) is 5.91 Å². The lowest BCUT2D eigenvalue weighted by atomic mass is 9.99. The molecule has 0 fully saturated rings. The highest BCUT2D eigenvalue weighted by Gasteiger charge is 2.26. The molecule has 2 rings (SSSR count). The molecule has 1 amide bonds. The Kier molecular flexibility index (Phi) is 4.89. The molecule has 0 bridgehead atoms. The van der Waals surface area contributed by atoms with Crippen molar-refractivity contribution >= 4 is 5.91 Å². The Morgan fingerprint density at radius 1 is 1.39 bits per heavy atom. The highest BCUT2D eigenvalue weighted by Crippen LogP contribution is 2.19. The fraction of sp³-hybridized carbons (Fsp3) is 0.562. The van der Waals surface area contributed by atoms with Crippen LogP contribution in [0.15, 0.2) is 18.6 Å². The van der Waals surface area contributed by atoms with Crippen molar-refractivity contribution in [2.75, 3.05) is 6.54 Å². The summed E-state index contributed by atoms with van der Waals surface area (Å²) < 4.78 is 3.45. The Balaban J connectivity index is 2.04. The number of carbonyl (C=O) groups excluding carboxylic acids is 1. The lowest BCUT2D eigenvalue weighted by Crippen LogP contribution is -2.38. The molecule has 1 atom stereocenters. The first-order valence-electron chi connectivity index (χ1n) is 7.73. The van der Waals surface area contributed by atoms with Crippen molar-refractivity contribution < 1.29 is 9.90 Å². The van der Waals surface area contributed by atoms with Crippen LogP contribution in [0.25, 0.3) is 0 Å². The van der Waals surface area contributed by atoms with Gasteiger partial charge in [0.2, 0.25) is 0 Å². The van der Waals surface area contributed by atoms with Gasteiger partial charge in [0, 0.05) is 31.0 Å². The quantitative estimate of drug-likeness (QED) is 0.838. The predicted molar refractivity (Wildman–Crippen MR) is 86.9 cm³/mol. The summed E-state index contributed by atoms with van der Waals surface area (Å²) in [6.07, 6.45) is 4.90. The molecule has 7 heteroatoms. The van der Waals surface area contributed by atoms with Crippen molar-refractivity contribution in [3.63, 3.8) is 0 Å². The van der Waals surface area contributed by atoms with Crippen molar-refractivity contribution in [2.45, 2.75) is 39.8 Å². The van der Waals surface area contributed by atoms with E-state index in [9.17, 15) is 9.90 Å². The number of nitrogens with one attached hydrogen (secondary N) is 1. The van der Waals surface area contributed by atoms with E-state index in [2.05, 4.69) is 29.4 Å². The Morgan fingerprint density at radius 3 is 2.65 bits per heavy atom. The number of rotatable bonds is 6. The molecule has 0 spiro atoms. The van der Waals surface area contributed by atoms with E-state index in [0.29, 0.717) is 17.0 Å². The Morgan fingerprint density at radius 2 is 2.09 bits per heavy atom. The standard InChI is InChI=1S/C16H25N5O2/c1-11(2)8-21-12(3)14(7-19-21)15(22)17-10-16(4,23)13-6-18-20(5)9-13/h6-7,9,11,23H,8,10H2,1-5H3,(H,17,22). The number of aromatic nitrogens is 4. The Bertz CT molecular complexity index is 684. The third-order valence-corrected chi connectivity index (χ3v) is 3.81. The number of nitrogens with zero attached hydrogens (tertiary/aromatic N) is 4. The first-order valence-corrected chi connectivity index (χ1v) is 7.73. The molecule has 126 valence electrons. The van der Waals surface area contributed by atoms with E-state index in [1.807, 2.05) is 11.6 Å². The zero-order valence-corrected chi connectivity index (χ0v) is 14.4. The molecule has 2 aromatic heterocycles. The smallest absolute Gasteiger partial charge is 0.254 e. The van der Waals surface area contributed by atoms with E-state index in [-0.39, 0.29) is 12.5 Å². The van der Waals surface area contributed by atoms with Gasteiger partial charge >= 0.3 is 0 Å². The lowest BCUT2D eigenvalue weighted by molar-refractivity contribution is 0.0525. The number of aliphatic hydroxyl groups is 1. The molecule has 2 aromatic rings.